The number of piperidine rings is 1. The van der Waals surface area contributed by atoms with Crippen molar-refractivity contribution >= 4 is 17.3 Å². The predicted octanol–water partition coefficient (Wildman–Crippen LogP) is 2.54. The minimum absolute atomic E-state index is 0.454. The summed E-state index contributed by atoms with van der Waals surface area (Å²) in [5.74, 6) is 1.57. The third-order valence-electron chi connectivity index (χ3n) is 5.09. The number of nitrogens with zero attached hydrogens (tertiary/aromatic N) is 3. The first-order valence-corrected chi connectivity index (χ1v) is 9.35. The molecule has 0 radical (unpaired) electrons. The second kappa shape index (κ2) is 7.01. The molecule has 0 amide bonds. The lowest BCUT2D eigenvalue weighted by molar-refractivity contribution is 0.196. The Morgan fingerprint density at radius 1 is 1.41 bits per heavy atom. The summed E-state index contributed by atoms with van der Waals surface area (Å²) >= 11 is 1.90. The van der Waals surface area contributed by atoms with Crippen LogP contribution in [-0.4, -0.2) is 48.0 Å². The van der Waals surface area contributed by atoms with E-state index in [1.54, 1.807) is 4.88 Å². The molecule has 1 unspecified atom stereocenters. The van der Waals surface area contributed by atoms with Gasteiger partial charge in [-0.25, -0.2) is 0 Å². The molecular formula is C17H28N4S. The first-order valence-electron chi connectivity index (χ1n) is 8.47. The quantitative estimate of drug-likeness (QED) is 0.687. The predicted molar refractivity (Wildman–Crippen MR) is 94.4 cm³/mol. The first-order chi connectivity index (χ1) is 10.6. The fourth-order valence-electron chi connectivity index (χ4n) is 3.33. The number of rotatable bonds is 3. The van der Waals surface area contributed by atoms with E-state index < -0.39 is 0 Å². The summed E-state index contributed by atoms with van der Waals surface area (Å²) in [7, 11) is 0. The van der Waals surface area contributed by atoms with Crippen molar-refractivity contribution < 1.29 is 0 Å². The Morgan fingerprint density at radius 2 is 2.18 bits per heavy atom. The SMILES string of the molecule is CC1CCN(C(N)=NCC(C)N2CCc3sccc3C2)CC1. The van der Waals surface area contributed by atoms with E-state index in [2.05, 4.69) is 40.1 Å². The average molecular weight is 321 g/mol. The number of guanidine groups is 1. The normalized spacial score (nSPS) is 22.6. The zero-order valence-corrected chi connectivity index (χ0v) is 14.6. The molecule has 0 aliphatic carbocycles. The third-order valence-corrected chi connectivity index (χ3v) is 6.11. The maximum Gasteiger partial charge on any atom is 0.191 e. The monoisotopic (exact) mass is 320 g/mol. The van der Waals surface area contributed by atoms with Gasteiger partial charge in [-0.3, -0.25) is 9.89 Å². The number of aliphatic imine (C=N–C) groups is 1. The van der Waals surface area contributed by atoms with E-state index in [0.717, 1.165) is 44.6 Å². The Morgan fingerprint density at radius 3 is 2.95 bits per heavy atom. The van der Waals surface area contributed by atoms with Crippen LogP contribution in [0.25, 0.3) is 0 Å². The van der Waals surface area contributed by atoms with Gasteiger partial charge in [-0.2, -0.15) is 0 Å². The molecule has 1 atom stereocenters. The van der Waals surface area contributed by atoms with Crippen LogP contribution < -0.4 is 5.73 Å². The Kier molecular flexibility index (Phi) is 5.03. The summed E-state index contributed by atoms with van der Waals surface area (Å²) in [5.41, 5.74) is 7.70. The van der Waals surface area contributed by atoms with E-state index in [-0.39, 0.29) is 0 Å². The van der Waals surface area contributed by atoms with Crippen molar-refractivity contribution in [2.24, 2.45) is 16.6 Å². The second-order valence-corrected chi connectivity index (χ2v) is 7.81. The average Bonchev–Trinajstić information content (AvgIpc) is 3.00. The third kappa shape index (κ3) is 3.63. The van der Waals surface area contributed by atoms with Crippen LogP contribution in [0.1, 0.15) is 37.1 Å². The van der Waals surface area contributed by atoms with Gasteiger partial charge in [0.15, 0.2) is 5.96 Å². The summed E-state index contributed by atoms with van der Waals surface area (Å²) in [5, 5.41) is 2.21. The van der Waals surface area contributed by atoms with E-state index in [1.165, 1.54) is 24.8 Å². The molecule has 1 aromatic heterocycles. The lowest BCUT2D eigenvalue weighted by atomic mass is 10.00. The molecule has 0 bridgehead atoms. The van der Waals surface area contributed by atoms with Gasteiger partial charge in [-0.05, 0) is 49.1 Å². The summed E-state index contributed by atoms with van der Waals surface area (Å²) in [6.07, 6.45) is 3.65. The van der Waals surface area contributed by atoms with Crippen LogP contribution >= 0.6 is 11.3 Å². The largest absolute Gasteiger partial charge is 0.370 e. The van der Waals surface area contributed by atoms with Crippen molar-refractivity contribution in [1.82, 2.24) is 9.80 Å². The van der Waals surface area contributed by atoms with Crippen LogP contribution in [-0.2, 0) is 13.0 Å². The lowest BCUT2D eigenvalue weighted by Crippen LogP contribution is -2.44. The molecule has 1 fully saturated rings. The zero-order chi connectivity index (χ0) is 15.5. The molecule has 0 aromatic carbocycles. The molecule has 22 heavy (non-hydrogen) atoms. The number of likely N-dealkylation sites (tertiary alicyclic amines) is 1. The highest BCUT2D eigenvalue weighted by Gasteiger charge is 2.22. The van der Waals surface area contributed by atoms with Crippen LogP contribution in [0.2, 0.25) is 0 Å². The summed E-state index contributed by atoms with van der Waals surface area (Å²) < 4.78 is 0. The van der Waals surface area contributed by atoms with Crippen LogP contribution in [0.15, 0.2) is 16.4 Å². The standard InChI is InChI=1S/C17H28N4S/c1-13-3-7-20(8-4-13)17(18)19-11-14(2)21-9-5-16-15(12-21)6-10-22-16/h6,10,13-14H,3-5,7-9,11-12H2,1-2H3,(H2,18,19). The van der Waals surface area contributed by atoms with E-state index in [4.69, 9.17) is 5.73 Å². The van der Waals surface area contributed by atoms with E-state index in [0.29, 0.717) is 6.04 Å². The van der Waals surface area contributed by atoms with E-state index in [9.17, 15) is 0 Å². The first kappa shape index (κ1) is 15.8. The summed E-state index contributed by atoms with van der Waals surface area (Å²) in [4.78, 5) is 11.0. The molecular weight excluding hydrogens is 292 g/mol. The number of nitrogens with two attached hydrogens (primary N) is 1. The molecule has 3 heterocycles. The highest BCUT2D eigenvalue weighted by molar-refractivity contribution is 7.10. The maximum atomic E-state index is 6.19. The number of hydrogen-bond acceptors (Lipinski definition) is 3. The fraction of sp³-hybridized carbons (Fsp3) is 0.706. The van der Waals surface area contributed by atoms with Crippen molar-refractivity contribution in [2.75, 3.05) is 26.2 Å². The maximum absolute atomic E-state index is 6.19. The molecule has 0 spiro atoms. The van der Waals surface area contributed by atoms with Gasteiger partial charge in [0.05, 0.1) is 6.54 Å². The van der Waals surface area contributed by atoms with Crippen LogP contribution in [0.4, 0.5) is 0 Å². The molecule has 2 aliphatic heterocycles. The fourth-order valence-corrected chi connectivity index (χ4v) is 4.21. The molecule has 3 rings (SSSR count). The van der Waals surface area contributed by atoms with Crippen LogP contribution in [0, 0.1) is 5.92 Å². The highest BCUT2D eigenvalue weighted by Crippen LogP contribution is 2.25. The van der Waals surface area contributed by atoms with Gasteiger partial charge in [0.2, 0.25) is 0 Å². The molecule has 5 heteroatoms. The Balaban J connectivity index is 1.51. The minimum atomic E-state index is 0.454. The van der Waals surface area contributed by atoms with Gasteiger partial charge in [-0.15, -0.1) is 11.3 Å². The van der Waals surface area contributed by atoms with Crippen molar-refractivity contribution in [3.05, 3.63) is 21.9 Å². The minimum Gasteiger partial charge on any atom is -0.370 e. The molecule has 1 aromatic rings. The van der Waals surface area contributed by atoms with Crippen molar-refractivity contribution in [2.45, 2.75) is 45.7 Å². The number of thiophene rings is 1. The van der Waals surface area contributed by atoms with Crippen molar-refractivity contribution in [3.63, 3.8) is 0 Å². The molecule has 1 saturated heterocycles. The highest BCUT2D eigenvalue weighted by atomic mass is 32.1. The topological polar surface area (TPSA) is 44.9 Å². The van der Waals surface area contributed by atoms with Gasteiger partial charge in [0, 0.05) is 37.1 Å². The molecule has 122 valence electrons. The summed E-state index contributed by atoms with van der Waals surface area (Å²) in [6.45, 7) is 9.73. The molecule has 4 nitrogen and oxygen atoms in total. The van der Waals surface area contributed by atoms with Gasteiger partial charge in [0.1, 0.15) is 0 Å². The van der Waals surface area contributed by atoms with Gasteiger partial charge < -0.3 is 10.6 Å². The smallest absolute Gasteiger partial charge is 0.191 e. The Hall–Kier alpha value is -1.07. The number of fused-ring (bicyclic) bond motifs is 1. The van der Waals surface area contributed by atoms with E-state index in [1.807, 2.05) is 11.3 Å². The van der Waals surface area contributed by atoms with Gasteiger partial charge in [-0.1, -0.05) is 6.92 Å². The molecule has 2 N–H and O–H groups in total. The lowest BCUT2D eigenvalue weighted by Gasteiger charge is -2.33. The van der Waals surface area contributed by atoms with Crippen molar-refractivity contribution in [3.8, 4) is 0 Å². The van der Waals surface area contributed by atoms with Gasteiger partial charge >= 0.3 is 0 Å². The summed E-state index contributed by atoms with van der Waals surface area (Å²) in [6, 6.07) is 2.72. The van der Waals surface area contributed by atoms with E-state index >= 15 is 0 Å². The van der Waals surface area contributed by atoms with Crippen LogP contribution in [0.5, 0.6) is 0 Å². The second-order valence-electron chi connectivity index (χ2n) is 6.81. The molecule has 2 aliphatic rings. The Labute approximate surface area is 138 Å². The number of hydrogen-bond donors (Lipinski definition) is 1. The Bertz CT molecular complexity index is 516. The molecule has 0 saturated carbocycles. The van der Waals surface area contributed by atoms with Crippen molar-refractivity contribution in [1.29, 1.82) is 0 Å². The van der Waals surface area contributed by atoms with Crippen LogP contribution in [0.3, 0.4) is 0 Å². The van der Waals surface area contributed by atoms with Gasteiger partial charge in [0.25, 0.3) is 0 Å². The zero-order valence-electron chi connectivity index (χ0n) is 13.8.